The van der Waals surface area contributed by atoms with Gasteiger partial charge in [-0.2, -0.15) is 0 Å². The predicted octanol–water partition coefficient (Wildman–Crippen LogP) is 1.87. The number of hydrogen-bond donors (Lipinski definition) is 2. The molecule has 0 spiro atoms. The van der Waals surface area contributed by atoms with Crippen molar-refractivity contribution in [1.29, 1.82) is 0 Å². The molecule has 1 unspecified atom stereocenters. The predicted molar refractivity (Wildman–Crippen MR) is 60.2 cm³/mol. The molecular formula is C12H13FO5. The number of ether oxygens (including phenoxy) is 1. The summed E-state index contributed by atoms with van der Waals surface area (Å²) in [5, 5.41) is 17.7. The highest BCUT2D eigenvalue weighted by Crippen LogP contribution is 2.30. The Kier molecular flexibility index (Phi) is 4.65. The van der Waals surface area contributed by atoms with Gasteiger partial charge in [0.15, 0.2) is 0 Å². The minimum Gasteiger partial charge on any atom is -0.496 e. The zero-order valence-electron chi connectivity index (χ0n) is 9.72. The van der Waals surface area contributed by atoms with Crippen molar-refractivity contribution < 1.29 is 28.9 Å². The SMILES string of the molecule is COc1ccc(F)cc1C(CCC(=O)O)C(=O)O. The van der Waals surface area contributed by atoms with Crippen LogP contribution in [0, 0.1) is 5.82 Å². The summed E-state index contributed by atoms with van der Waals surface area (Å²) in [5.41, 5.74) is 0.145. The second-order valence-electron chi connectivity index (χ2n) is 3.71. The summed E-state index contributed by atoms with van der Waals surface area (Å²) >= 11 is 0. The standard InChI is InChI=1S/C12H13FO5/c1-18-10-4-2-7(13)6-9(10)8(12(16)17)3-5-11(14)15/h2,4,6,8H,3,5H2,1H3,(H,14,15)(H,16,17). The third-order valence-electron chi connectivity index (χ3n) is 2.51. The third kappa shape index (κ3) is 3.44. The van der Waals surface area contributed by atoms with E-state index in [-0.39, 0.29) is 24.2 Å². The monoisotopic (exact) mass is 256 g/mol. The molecule has 1 atom stereocenters. The smallest absolute Gasteiger partial charge is 0.311 e. The van der Waals surface area contributed by atoms with Crippen LogP contribution in [0.2, 0.25) is 0 Å². The Balaban J connectivity index is 3.08. The summed E-state index contributed by atoms with van der Waals surface area (Å²) in [6.45, 7) is 0. The molecule has 0 aliphatic rings. The lowest BCUT2D eigenvalue weighted by Gasteiger charge is -2.15. The number of hydrogen-bond acceptors (Lipinski definition) is 3. The van der Waals surface area contributed by atoms with Crippen molar-refractivity contribution in [1.82, 2.24) is 0 Å². The van der Waals surface area contributed by atoms with Crippen molar-refractivity contribution in [2.45, 2.75) is 18.8 Å². The average molecular weight is 256 g/mol. The van der Waals surface area contributed by atoms with Gasteiger partial charge < -0.3 is 14.9 Å². The molecule has 5 nitrogen and oxygen atoms in total. The molecule has 0 heterocycles. The Morgan fingerprint density at radius 2 is 2.06 bits per heavy atom. The van der Waals surface area contributed by atoms with E-state index in [1.54, 1.807) is 0 Å². The Bertz CT molecular complexity index is 458. The number of halogens is 1. The van der Waals surface area contributed by atoms with Crippen LogP contribution >= 0.6 is 0 Å². The molecule has 2 N–H and O–H groups in total. The van der Waals surface area contributed by atoms with E-state index in [1.165, 1.54) is 13.2 Å². The van der Waals surface area contributed by atoms with E-state index in [0.717, 1.165) is 12.1 Å². The molecule has 0 radical (unpaired) electrons. The van der Waals surface area contributed by atoms with Gasteiger partial charge in [-0.05, 0) is 24.6 Å². The Morgan fingerprint density at radius 1 is 1.39 bits per heavy atom. The van der Waals surface area contributed by atoms with Crippen LogP contribution in [0.5, 0.6) is 5.75 Å². The average Bonchev–Trinajstić information content (AvgIpc) is 2.28. The first-order valence-electron chi connectivity index (χ1n) is 5.23. The molecule has 6 heteroatoms. The van der Waals surface area contributed by atoms with Crippen LogP contribution in [0.25, 0.3) is 0 Å². The summed E-state index contributed by atoms with van der Waals surface area (Å²) in [6.07, 6.45) is -0.429. The third-order valence-corrected chi connectivity index (χ3v) is 2.51. The first-order chi connectivity index (χ1) is 8.45. The van der Waals surface area contributed by atoms with Crippen LogP contribution in [0.15, 0.2) is 18.2 Å². The molecule has 1 aromatic carbocycles. The van der Waals surface area contributed by atoms with Crippen LogP contribution in [-0.2, 0) is 9.59 Å². The maximum Gasteiger partial charge on any atom is 0.311 e. The molecule has 0 fully saturated rings. The van der Waals surface area contributed by atoms with Crippen molar-refractivity contribution in [2.24, 2.45) is 0 Å². The maximum atomic E-state index is 13.1. The highest BCUT2D eigenvalue weighted by molar-refractivity contribution is 5.78. The number of carbonyl (C=O) groups is 2. The van der Waals surface area contributed by atoms with E-state index in [4.69, 9.17) is 14.9 Å². The van der Waals surface area contributed by atoms with Gasteiger partial charge in [0.2, 0.25) is 0 Å². The minimum absolute atomic E-state index is 0.121. The molecule has 98 valence electrons. The van der Waals surface area contributed by atoms with Crippen molar-refractivity contribution in [3.8, 4) is 5.75 Å². The van der Waals surface area contributed by atoms with Crippen molar-refractivity contribution in [2.75, 3.05) is 7.11 Å². The van der Waals surface area contributed by atoms with E-state index in [1.807, 2.05) is 0 Å². The lowest BCUT2D eigenvalue weighted by atomic mass is 9.93. The molecule has 0 aliphatic heterocycles. The number of carboxylic acid groups (broad SMARTS) is 2. The van der Waals surface area contributed by atoms with Crippen molar-refractivity contribution in [3.05, 3.63) is 29.6 Å². The topological polar surface area (TPSA) is 83.8 Å². The highest BCUT2D eigenvalue weighted by atomic mass is 19.1. The molecule has 0 saturated carbocycles. The molecule has 1 rings (SSSR count). The number of carboxylic acids is 2. The van der Waals surface area contributed by atoms with Crippen LogP contribution in [0.4, 0.5) is 4.39 Å². The molecule has 0 aromatic heterocycles. The number of methoxy groups -OCH3 is 1. The quantitative estimate of drug-likeness (QED) is 0.811. The molecule has 0 bridgehead atoms. The Morgan fingerprint density at radius 3 is 2.56 bits per heavy atom. The van der Waals surface area contributed by atoms with Crippen LogP contribution in [0.3, 0.4) is 0 Å². The Labute approximate surface area is 103 Å². The second-order valence-corrected chi connectivity index (χ2v) is 3.71. The summed E-state index contributed by atoms with van der Waals surface area (Å²) < 4.78 is 18.1. The van der Waals surface area contributed by atoms with Gasteiger partial charge in [0.25, 0.3) is 0 Å². The van der Waals surface area contributed by atoms with E-state index in [9.17, 15) is 14.0 Å². The lowest BCUT2D eigenvalue weighted by molar-refractivity contribution is -0.140. The van der Waals surface area contributed by atoms with Gasteiger partial charge in [0, 0.05) is 12.0 Å². The van der Waals surface area contributed by atoms with E-state index in [0.29, 0.717) is 0 Å². The molecule has 0 amide bonds. The van der Waals surface area contributed by atoms with Crippen molar-refractivity contribution >= 4 is 11.9 Å². The summed E-state index contributed by atoms with van der Waals surface area (Å²) in [7, 11) is 1.34. The van der Waals surface area contributed by atoms with Gasteiger partial charge in [0.1, 0.15) is 11.6 Å². The molecule has 0 aliphatic carbocycles. The minimum atomic E-state index is -1.21. The molecule has 18 heavy (non-hydrogen) atoms. The lowest BCUT2D eigenvalue weighted by Crippen LogP contribution is -2.14. The summed E-state index contributed by atoms with van der Waals surface area (Å²) in [4.78, 5) is 21.6. The largest absolute Gasteiger partial charge is 0.496 e. The van der Waals surface area contributed by atoms with E-state index < -0.39 is 23.7 Å². The fourth-order valence-electron chi connectivity index (χ4n) is 1.66. The van der Waals surface area contributed by atoms with Crippen LogP contribution in [0.1, 0.15) is 24.3 Å². The van der Waals surface area contributed by atoms with E-state index >= 15 is 0 Å². The summed E-state index contributed by atoms with van der Waals surface area (Å²) in [6, 6.07) is 3.53. The number of benzene rings is 1. The normalized spacial score (nSPS) is 11.9. The number of aliphatic carboxylic acids is 2. The Hall–Kier alpha value is -2.11. The van der Waals surface area contributed by atoms with Gasteiger partial charge in [-0.15, -0.1) is 0 Å². The fraction of sp³-hybridized carbons (Fsp3) is 0.333. The van der Waals surface area contributed by atoms with Gasteiger partial charge >= 0.3 is 11.9 Å². The van der Waals surface area contributed by atoms with Gasteiger partial charge in [-0.3, -0.25) is 9.59 Å². The van der Waals surface area contributed by atoms with E-state index in [2.05, 4.69) is 0 Å². The maximum absolute atomic E-state index is 13.1. The molecule has 0 saturated heterocycles. The van der Waals surface area contributed by atoms with Crippen molar-refractivity contribution in [3.63, 3.8) is 0 Å². The summed E-state index contributed by atoms with van der Waals surface area (Å²) in [5.74, 6) is -3.77. The second kappa shape index (κ2) is 6.00. The van der Waals surface area contributed by atoms with Gasteiger partial charge in [-0.25, -0.2) is 4.39 Å². The first-order valence-corrected chi connectivity index (χ1v) is 5.23. The van der Waals surface area contributed by atoms with Crippen LogP contribution < -0.4 is 4.74 Å². The van der Waals surface area contributed by atoms with Gasteiger partial charge in [0.05, 0.1) is 13.0 Å². The first kappa shape index (κ1) is 14.0. The highest BCUT2D eigenvalue weighted by Gasteiger charge is 2.24. The fourth-order valence-corrected chi connectivity index (χ4v) is 1.66. The zero-order chi connectivity index (χ0) is 13.7. The molecule has 1 aromatic rings. The zero-order valence-corrected chi connectivity index (χ0v) is 9.72. The van der Waals surface area contributed by atoms with Gasteiger partial charge in [-0.1, -0.05) is 0 Å². The molecular weight excluding hydrogens is 243 g/mol. The van der Waals surface area contributed by atoms with Crippen LogP contribution in [-0.4, -0.2) is 29.3 Å². The number of rotatable bonds is 6.